The third-order valence-corrected chi connectivity index (χ3v) is 13.0. The minimum atomic E-state index is -0.547. The van der Waals surface area contributed by atoms with Crippen molar-refractivity contribution in [2.24, 2.45) is 0 Å². The number of carbonyl (C=O) groups excluding carboxylic acids is 2. The molecular weight excluding hydrogens is 837 g/mol. The van der Waals surface area contributed by atoms with Gasteiger partial charge in [0.25, 0.3) is 0 Å². The first-order valence-electron chi connectivity index (χ1n) is 29.8. The van der Waals surface area contributed by atoms with Gasteiger partial charge in [0.15, 0.2) is 6.10 Å². The molecule has 0 N–H and O–H groups in total. The molecule has 0 amide bonds. The zero-order chi connectivity index (χ0) is 49.2. The third-order valence-electron chi connectivity index (χ3n) is 13.0. The van der Waals surface area contributed by atoms with Gasteiger partial charge in [-0.05, 0) is 83.5 Å². The Labute approximate surface area is 424 Å². The van der Waals surface area contributed by atoms with Crippen molar-refractivity contribution < 1.29 is 23.8 Å². The Morgan fingerprint density at radius 3 is 1.07 bits per heavy atom. The summed E-state index contributed by atoms with van der Waals surface area (Å²) < 4.78 is 17.5. The second-order valence-electron chi connectivity index (χ2n) is 19.9. The average molecular weight is 952 g/mol. The fraction of sp³-hybridized carbons (Fsp3) is 0.810. The Kier molecular flexibility index (Phi) is 56.8. The second kappa shape index (κ2) is 58.9. The first-order valence-corrected chi connectivity index (χ1v) is 29.8. The Morgan fingerprint density at radius 1 is 0.338 bits per heavy atom. The van der Waals surface area contributed by atoms with Crippen LogP contribution < -0.4 is 0 Å². The fourth-order valence-electron chi connectivity index (χ4n) is 8.62. The zero-order valence-corrected chi connectivity index (χ0v) is 45.6. The van der Waals surface area contributed by atoms with Crippen LogP contribution in [0.1, 0.15) is 303 Å². The minimum absolute atomic E-state index is 0.0742. The Balaban J connectivity index is 4.29. The zero-order valence-electron chi connectivity index (χ0n) is 45.6. The van der Waals surface area contributed by atoms with Crippen LogP contribution in [0, 0.1) is 0 Å². The molecule has 0 bridgehead atoms. The molecule has 0 radical (unpaired) electrons. The number of esters is 2. The molecule has 0 saturated heterocycles. The molecule has 0 aromatic rings. The van der Waals surface area contributed by atoms with E-state index >= 15 is 0 Å². The molecule has 0 fully saturated rings. The quantitative estimate of drug-likeness (QED) is 0.0345. The van der Waals surface area contributed by atoms with Crippen molar-refractivity contribution in [3.63, 3.8) is 0 Å². The van der Waals surface area contributed by atoms with Gasteiger partial charge in [-0.2, -0.15) is 0 Å². The normalized spacial score (nSPS) is 12.6. The largest absolute Gasteiger partial charge is 0.462 e. The molecule has 396 valence electrons. The van der Waals surface area contributed by atoms with Crippen molar-refractivity contribution in [2.75, 3.05) is 19.8 Å². The minimum Gasteiger partial charge on any atom is -0.462 e. The van der Waals surface area contributed by atoms with E-state index in [1.165, 1.54) is 186 Å². The monoisotopic (exact) mass is 951 g/mol. The molecule has 0 unspecified atom stereocenters. The van der Waals surface area contributed by atoms with Crippen LogP contribution in [0.3, 0.4) is 0 Å². The second-order valence-corrected chi connectivity index (χ2v) is 19.9. The first-order chi connectivity index (χ1) is 33.6. The van der Waals surface area contributed by atoms with Gasteiger partial charge in [-0.1, -0.05) is 268 Å². The van der Waals surface area contributed by atoms with E-state index in [0.29, 0.717) is 19.4 Å². The number of rotatable bonds is 55. The van der Waals surface area contributed by atoms with Gasteiger partial charge in [0.05, 0.1) is 6.61 Å². The van der Waals surface area contributed by atoms with E-state index in [2.05, 4.69) is 81.5 Å². The van der Waals surface area contributed by atoms with Gasteiger partial charge in [0, 0.05) is 19.4 Å². The lowest BCUT2D eigenvalue weighted by atomic mass is 10.0. The lowest BCUT2D eigenvalue weighted by Crippen LogP contribution is -2.30. The smallest absolute Gasteiger partial charge is 0.306 e. The first kappa shape index (κ1) is 65.6. The van der Waals surface area contributed by atoms with Crippen LogP contribution in [0.15, 0.2) is 60.8 Å². The van der Waals surface area contributed by atoms with E-state index in [9.17, 15) is 9.59 Å². The summed E-state index contributed by atoms with van der Waals surface area (Å²) in [6.45, 7) is 7.74. The van der Waals surface area contributed by atoms with Crippen LogP contribution in [-0.2, 0) is 23.8 Å². The molecule has 68 heavy (non-hydrogen) atoms. The van der Waals surface area contributed by atoms with Crippen molar-refractivity contribution in [1.29, 1.82) is 0 Å². The Hall–Kier alpha value is -2.40. The number of unbranched alkanes of at least 4 members (excludes halogenated alkanes) is 34. The number of hydrogen-bond acceptors (Lipinski definition) is 5. The lowest BCUT2D eigenvalue weighted by molar-refractivity contribution is -0.163. The lowest BCUT2D eigenvalue weighted by Gasteiger charge is -2.18. The van der Waals surface area contributed by atoms with Gasteiger partial charge >= 0.3 is 11.9 Å². The molecular formula is C63H114O5. The van der Waals surface area contributed by atoms with E-state index < -0.39 is 6.10 Å². The summed E-state index contributed by atoms with van der Waals surface area (Å²) >= 11 is 0. The summed E-state index contributed by atoms with van der Waals surface area (Å²) in [5.74, 6) is -0.412. The van der Waals surface area contributed by atoms with Gasteiger partial charge in [-0.3, -0.25) is 9.59 Å². The predicted molar refractivity (Wildman–Crippen MR) is 298 cm³/mol. The summed E-state index contributed by atoms with van der Waals surface area (Å²) in [6, 6.07) is 0. The summed E-state index contributed by atoms with van der Waals surface area (Å²) in [4.78, 5) is 25.5. The highest BCUT2D eigenvalue weighted by Gasteiger charge is 2.17. The standard InChI is InChI=1S/C63H114O5/c1-4-7-10-13-16-19-22-25-28-31-32-34-36-39-42-45-48-51-54-57-63(65)68-61(59-66-58-55-52-49-46-43-40-37-30-27-24-21-18-15-12-9-6-3)60-67-62(64)56-53-50-47-44-41-38-35-33-29-26-23-20-17-14-11-8-5-2/h8,11,17,20,25-26,28-29,35,38,61H,4-7,9-10,12-16,18-19,21-24,27,30-34,36-37,39-60H2,1-3H3/b11-8-,20-17-,28-25-,29-26-,38-35-/t61-/m1/s1. The number of ether oxygens (including phenoxy) is 3. The van der Waals surface area contributed by atoms with E-state index in [1.54, 1.807) is 0 Å². The van der Waals surface area contributed by atoms with Crippen LogP contribution in [0.5, 0.6) is 0 Å². The fourth-order valence-corrected chi connectivity index (χ4v) is 8.62. The molecule has 0 aliphatic rings. The molecule has 1 atom stereocenters. The van der Waals surface area contributed by atoms with Crippen molar-refractivity contribution >= 4 is 11.9 Å². The molecule has 0 spiro atoms. The summed E-state index contributed by atoms with van der Waals surface area (Å²) in [5.41, 5.74) is 0. The summed E-state index contributed by atoms with van der Waals surface area (Å²) in [5, 5.41) is 0. The van der Waals surface area contributed by atoms with Gasteiger partial charge < -0.3 is 14.2 Å². The summed E-state index contributed by atoms with van der Waals surface area (Å²) in [6.07, 6.45) is 75.3. The van der Waals surface area contributed by atoms with Crippen molar-refractivity contribution in [1.82, 2.24) is 0 Å². The molecule has 0 aromatic heterocycles. The average Bonchev–Trinajstić information content (AvgIpc) is 3.34. The highest BCUT2D eigenvalue weighted by molar-refractivity contribution is 5.70. The van der Waals surface area contributed by atoms with Crippen molar-refractivity contribution in [3.05, 3.63) is 60.8 Å². The molecule has 0 aromatic carbocycles. The Morgan fingerprint density at radius 2 is 0.662 bits per heavy atom. The topological polar surface area (TPSA) is 61.8 Å². The third kappa shape index (κ3) is 56.2. The van der Waals surface area contributed by atoms with E-state index in [4.69, 9.17) is 14.2 Å². The predicted octanol–water partition coefficient (Wildman–Crippen LogP) is 20.5. The molecule has 5 heteroatoms. The number of allylic oxidation sites excluding steroid dienone is 10. The van der Waals surface area contributed by atoms with Gasteiger partial charge in [-0.25, -0.2) is 0 Å². The molecule has 0 saturated carbocycles. The van der Waals surface area contributed by atoms with Crippen LogP contribution in [0.25, 0.3) is 0 Å². The molecule has 0 aliphatic heterocycles. The van der Waals surface area contributed by atoms with Gasteiger partial charge in [0.2, 0.25) is 0 Å². The SMILES string of the molecule is CC/C=C\C/C=C\C/C=C\C/C=C\CCCCCCC(=O)OC[C@@H](COCCCCCCCCCCCCCCCCCC)OC(=O)CCCCCCCCCCC/C=C\CCCCCCCC. The maximum atomic E-state index is 12.9. The Bertz CT molecular complexity index is 1170. The van der Waals surface area contributed by atoms with Crippen LogP contribution >= 0.6 is 0 Å². The van der Waals surface area contributed by atoms with E-state index in [-0.39, 0.29) is 25.2 Å². The maximum absolute atomic E-state index is 12.9. The van der Waals surface area contributed by atoms with Crippen LogP contribution in [0.2, 0.25) is 0 Å². The summed E-state index contributed by atoms with van der Waals surface area (Å²) in [7, 11) is 0. The van der Waals surface area contributed by atoms with Gasteiger partial charge in [-0.15, -0.1) is 0 Å². The van der Waals surface area contributed by atoms with Crippen molar-refractivity contribution in [3.8, 4) is 0 Å². The van der Waals surface area contributed by atoms with E-state index in [1.807, 2.05) is 0 Å². The number of carbonyl (C=O) groups is 2. The van der Waals surface area contributed by atoms with Gasteiger partial charge in [0.1, 0.15) is 6.61 Å². The molecule has 0 heterocycles. The molecule has 0 aliphatic carbocycles. The van der Waals surface area contributed by atoms with Crippen LogP contribution in [-0.4, -0.2) is 37.9 Å². The highest BCUT2D eigenvalue weighted by Crippen LogP contribution is 2.16. The van der Waals surface area contributed by atoms with Crippen molar-refractivity contribution in [2.45, 2.75) is 309 Å². The van der Waals surface area contributed by atoms with Crippen LogP contribution in [0.4, 0.5) is 0 Å². The number of hydrogen-bond donors (Lipinski definition) is 0. The maximum Gasteiger partial charge on any atom is 0.306 e. The highest BCUT2D eigenvalue weighted by atomic mass is 16.6. The van der Waals surface area contributed by atoms with E-state index in [0.717, 1.165) is 83.5 Å². The molecule has 5 nitrogen and oxygen atoms in total. The molecule has 0 rings (SSSR count).